The van der Waals surface area contributed by atoms with Crippen LogP contribution in [0.1, 0.15) is 23.2 Å². The van der Waals surface area contributed by atoms with Gasteiger partial charge in [0.25, 0.3) is 5.91 Å². The third-order valence-electron chi connectivity index (χ3n) is 3.89. The van der Waals surface area contributed by atoms with E-state index in [1.165, 1.54) is 0 Å². The van der Waals surface area contributed by atoms with Crippen LogP contribution in [0.3, 0.4) is 0 Å². The van der Waals surface area contributed by atoms with E-state index in [9.17, 15) is 4.79 Å². The lowest BCUT2D eigenvalue weighted by Crippen LogP contribution is -2.42. The Morgan fingerprint density at radius 2 is 2.04 bits per heavy atom. The number of thioether (sulfide) groups is 1. The highest BCUT2D eigenvalue weighted by molar-refractivity contribution is 7.98. The van der Waals surface area contributed by atoms with Gasteiger partial charge in [-0.05, 0) is 18.4 Å². The normalized spacial score (nSPS) is 15.4. The van der Waals surface area contributed by atoms with Gasteiger partial charge in [0.1, 0.15) is 6.10 Å². The van der Waals surface area contributed by atoms with E-state index in [1.54, 1.807) is 30.4 Å². The Hall–Kier alpha value is -2.08. The van der Waals surface area contributed by atoms with Gasteiger partial charge in [-0.3, -0.25) is 9.78 Å². The Morgan fingerprint density at radius 1 is 1.26 bits per heavy atom. The van der Waals surface area contributed by atoms with E-state index in [0.717, 1.165) is 23.3 Å². The van der Waals surface area contributed by atoms with Crippen molar-refractivity contribution < 1.29 is 9.53 Å². The van der Waals surface area contributed by atoms with Crippen molar-refractivity contribution in [1.82, 2.24) is 14.9 Å². The van der Waals surface area contributed by atoms with Gasteiger partial charge in [-0.2, -0.15) is 0 Å². The fourth-order valence-electron chi connectivity index (χ4n) is 2.69. The topological polar surface area (TPSA) is 55.3 Å². The van der Waals surface area contributed by atoms with E-state index in [2.05, 4.69) is 9.97 Å². The number of likely N-dealkylation sites (tertiary alicyclic amines) is 1. The highest BCUT2D eigenvalue weighted by Crippen LogP contribution is 2.23. The minimum absolute atomic E-state index is 0.0894. The zero-order valence-corrected chi connectivity index (χ0v) is 13.8. The van der Waals surface area contributed by atoms with Crippen molar-refractivity contribution in [2.24, 2.45) is 0 Å². The van der Waals surface area contributed by atoms with Crippen molar-refractivity contribution in [1.29, 1.82) is 0 Å². The molecular weight excluding hydrogens is 310 g/mol. The summed E-state index contributed by atoms with van der Waals surface area (Å²) >= 11 is 1.60. The Bertz CT molecular complexity index is 658. The van der Waals surface area contributed by atoms with Crippen LogP contribution in [0.4, 0.5) is 0 Å². The zero-order valence-electron chi connectivity index (χ0n) is 13.0. The SMILES string of the molecule is CSc1ccccc1C(=O)N1CCC(Oc2cnccn2)CC1. The lowest BCUT2D eigenvalue weighted by atomic mass is 10.1. The molecule has 0 radical (unpaired) electrons. The first-order valence-corrected chi connectivity index (χ1v) is 8.85. The number of amides is 1. The van der Waals surface area contributed by atoms with Crippen LogP contribution in [0.5, 0.6) is 5.88 Å². The summed E-state index contributed by atoms with van der Waals surface area (Å²) in [6.45, 7) is 1.40. The maximum atomic E-state index is 12.7. The number of aromatic nitrogens is 2. The summed E-state index contributed by atoms with van der Waals surface area (Å²) in [4.78, 5) is 23.8. The van der Waals surface area contributed by atoms with E-state index in [-0.39, 0.29) is 12.0 Å². The van der Waals surface area contributed by atoms with Crippen molar-refractivity contribution in [2.45, 2.75) is 23.8 Å². The second kappa shape index (κ2) is 7.46. The lowest BCUT2D eigenvalue weighted by molar-refractivity contribution is 0.0584. The number of nitrogens with zero attached hydrogens (tertiary/aromatic N) is 3. The van der Waals surface area contributed by atoms with Crippen molar-refractivity contribution >= 4 is 17.7 Å². The Balaban J connectivity index is 1.59. The van der Waals surface area contributed by atoms with Gasteiger partial charge in [0.15, 0.2) is 0 Å². The summed E-state index contributed by atoms with van der Waals surface area (Å²) in [6, 6.07) is 7.76. The molecule has 0 N–H and O–H groups in total. The largest absolute Gasteiger partial charge is 0.473 e. The van der Waals surface area contributed by atoms with Crippen LogP contribution in [0.2, 0.25) is 0 Å². The van der Waals surface area contributed by atoms with Gasteiger partial charge in [-0.1, -0.05) is 12.1 Å². The van der Waals surface area contributed by atoms with Gasteiger partial charge in [0, 0.05) is 43.2 Å². The fourth-order valence-corrected chi connectivity index (χ4v) is 3.28. The number of rotatable bonds is 4. The van der Waals surface area contributed by atoms with Crippen LogP contribution in [0.25, 0.3) is 0 Å². The smallest absolute Gasteiger partial charge is 0.254 e. The summed E-state index contributed by atoms with van der Waals surface area (Å²) in [5.41, 5.74) is 0.785. The molecule has 0 aliphatic carbocycles. The average Bonchev–Trinajstić information content (AvgIpc) is 2.62. The lowest BCUT2D eigenvalue weighted by Gasteiger charge is -2.32. The molecule has 1 aliphatic rings. The van der Waals surface area contributed by atoms with Gasteiger partial charge in [0.05, 0.1) is 11.8 Å². The predicted octanol–water partition coefficient (Wildman–Crippen LogP) is 2.88. The Labute approximate surface area is 140 Å². The molecule has 120 valence electrons. The third kappa shape index (κ3) is 3.82. The number of hydrogen-bond donors (Lipinski definition) is 0. The second-order valence-corrected chi connectivity index (χ2v) is 6.20. The minimum Gasteiger partial charge on any atom is -0.473 e. The van der Waals surface area contributed by atoms with Crippen molar-refractivity contribution in [3.05, 3.63) is 48.4 Å². The standard InChI is InChI=1S/C17H19N3O2S/c1-23-15-5-3-2-4-14(15)17(21)20-10-6-13(7-11-20)22-16-12-18-8-9-19-16/h2-5,8-9,12-13H,6-7,10-11H2,1H3. The maximum Gasteiger partial charge on any atom is 0.254 e. The van der Waals surface area contributed by atoms with Crippen LogP contribution < -0.4 is 4.74 Å². The van der Waals surface area contributed by atoms with Crippen LogP contribution >= 0.6 is 11.8 Å². The molecule has 0 bridgehead atoms. The monoisotopic (exact) mass is 329 g/mol. The van der Waals surface area contributed by atoms with Crippen LogP contribution in [0, 0.1) is 0 Å². The Kier molecular flexibility index (Phi) is 5.12. The molecule has 0 saturated carbocycles. The first kappa shape index (κ1) is 15.8. The van der Waals surface area contributed by atoms with Crippen molar-refractivity contribution in [3.63, 3.8) is 0 Å². The zero-order chi connectivity index (χ0) is 16.1. The molecule has 1 aliphatic heterocycles. The summed E-state index contributed by atoms with van der Waals surface area (Å²) in [7, 11) is 0. The molecule has 2 heterocycles. The minimum atomic E-state index is 0.0894. The number of carbonyl (C=O) groups is 1. The molecule has 5 nitrogen and oxygen atoms in total. The molecule has 0 atom stereocenters. The maximum absolute atomic E-state index is 12.7. The van der Waals surface area contributed by atoms with Crippen molar-refractivity contribution in [3.8, 4) is 5.88 Å². The highest BCUT2D eigenvalue weighted by Gasteiger charge is 2.26. The predicted molar refractivity (Wildman–Crippen MR) is 89.8 cm³/mol. The fraction of sp³-hybridized carbons (Fsp3) is 0.353. The Morgan fingerprint density at radius 3 is 2.74 bits per heavy atom. The van der Waals surface area contributed by atoms with Crippen LogP contribution in [-0.4, -0.2) is 46.2 Å². The van der Waals surface area contributed by atoms with Gasteiger partial charge in [-0.15, -0.1) is 11.8 Å². The number of hydrogen-bond acceptors (Lipinski definition) is 5. The first-order chi connectivity index (χ1) is 11.3. The van der Waals surface area contributed by atoms with Crippen molar-refractivity contribution in [2.75, 3.05) is 19.3 Å². The van der Waals surface area contributed by atoms with E-state index in [4.69, 9.17) is 4.74 Å². The van der Waals surface area contributed by atoms with Gasteiger partial charge < -0.3 is 9.64 Å². The van der Waals surface area contributed by atoms with Crippen LogP contribution in [-0.2, 0) is 0 Å². The van der Waals surface area contributed by atoms with Gasteiger partial charge in [-0.25, -0.2) is 4.98 Å². The molecule has 2 aromatic rings. The quantitative estimate of drug-likeness (QED) is 0.807. The van der Waals surface area contributed by atoms with E-state index < -0.39 is 0 Å². The number of piperidine rings is 1. The molecule has 0 spiro atoms. The molecule has 1 aromatic carbocycles. The van der Waals surface area contributed by atoms with E-state index >= 15 is 0 Å². The van der Waals surface area contributed by atoms with E-state index in [1.807, 2.05) is 35.4 Å². The van der Waals surface area contributed by atoms with Gasteiger partial charge >= 0.3 is 0 Å². The van der Waals surface area contributed by atoms with Crippen LogP contribution in [0.15, 0.2) is 47.8 Å². The third-order valence-corrected chi connectivity index (χ3v) is 4.69. The highest BCUT2D eigenvalue weighted by atomic mass is 32.2. The molecule has 1 amide bonds. The molecule has 6 heteroatoms. The summed E-state index contributed by atoms with van der Waals surface area (Å²) in [5.74, 6) is 0.651. The molecule has 1 fully saturated rings. The summed E-state index contributed by atoms with van der Waals surface area (Å²) < 4.78 is 5.82. The molecule has 1 aromatic heterocycles. The number of ether oxygens (including phenoxy) is 1. The first-order valence-electron chi connectivity index (χ1n) is 7.63. The molecule has 1 saturated heterocycles. The molecular formula is C17H19N3O2S. The second-order valence-electron chi connectivity index (χ2n) is 5.35. The number of carbonyl (C=O) groups excluding carboxylic acids is 1. The average molecular weight is 329 g/mol. The molecule has 23 heavy (non-hydrogen) atoms. The van der Waals surface area contributed by atoms with Gasteiger partial charge in [0.2, 0.25) is 5.88 Å². The van der Waals surface area contributed by atoms with E-state index in [0.29, 0.717) is 19.0 Å². The number of benzene rings is 1. The molecule has 3 rings (SSSR count). The summed E-state index contributed by atoms with van der Waals surface area (Å²) in [6.07, 6.45) is 8.56. The molecule has 0 unspecified atom stereocenters. The summed E-state index contributed by atoms with van der Waals surface area (Å²) in [5, 5.41) is 0.